The van der Waals surface area contributed by atoms with Crippen LogP contribution in [0.4, 0.5) is 0 Å². The van der Waals surface area contributed by atoms with Crippen LogP contribution in [0.5, 0.6) is 0 Å². The first-order chi connectivity index (χ1) is 71.6. The molecule has 0 amide bonds. The van der Waals surface area contributed by atoms with E-state index >= 15 is 0 Å². The van der Waals surface area contributed by atoms with Crippen LogP contribution in [-0.2, 0) is 21.7 Å². The van der Waals surface area contributed by atoms with Crippen LogP contribution in [0.1, 0.15) is 112 Å². The quantitative estimate of drug-likeness (QED) is 0.120. The van der Waals surface area contributed by atoms with Crippen molar-refractivity contribution in [1.29, 1.82) is 0 Å². The first kappa shape index (κ1) is 89.9. The van der Waals surface area contributed by atoms with Gasteiger partial charge in [-0.15, -0.1) is 0 Å². The van der Waals surface area contributed by atoms with Gasteiger partial charge in [0, 0.05) is 16.2 Å². The van der Waals surface area contributed by atoms with Gasteiger partial charge in [0.2, 0.25) is 0 Å². The van der Waals surface area contributed by atoms with Crippen LogP contribution in [0.25, 0.3) is 242 Å². The number of benzene rings is 25. The zero-order valence-electron chi connectivity index (χ0n) is 85.1. The maximum atomic E-state index is 2.46. The Kier molecular flexibility index (Phi) is 21.5. The van der Waals surface area contributed by atoms with Crippen LogP contribution < -0.4 is 0 Å². The van der Waals surface area contributed by atoms with Crippen molar-refractivity contribution < 1.29 is 0 Å². The highest BCUT2D eigenvalue weighted by atomic mass is 14.4. The lowest BCUT2D eigenvalue weighted by Gasteiger charge is -2.23. The number of hydrogen-bond donors (Lipinski definition) is 0. The molecule has 3 aliphatic carbocycles. The van der Waals surface area contributed by atoms with E-state index < -0.39 is 0 Å². The molecule has 0 saturated heterocycles. The summed E-state index contributed by atoms with van der Waals surface area (Å²) in [5.41, 5.74) is 45.7. The highest BCUT2D eigenvalue weighted by Gasteiger charge is 2.41. The summed E-state index contributed by atoms with van der Waals surface area (Å²) in [5, 5.41) is 23.0. The molecule has 3 aliphatic rings. The Balaban J connectivity index is 0.000000112. The van der Waals surface area contributed by atoms with Crippen molar-refractivity contribution in [2.24, 2.45) is 0 Å². The largest absolute Gasteiger partial charge is 0.0622 e. The molecule has 0 aromatic heterocycles. The van der Waals surface area contributed by atoms with E-state index in [-0.39, 0.29) is 21.7 Å². The molecule has 147 heavy (non-hydrogen) atoms. The summed E-state index contributed by atoms with van der Waals surface area (Å²) in [5.74, 6) is 0. The zero-order valence-corrected chi connectivity index (χ0v) is 85.1. The summed E-state index contributed by atoms with van der Waals surface area (Å²) < 4.78 is 0. The Bertz CT molecular complexity index is 9700. The molecule has 0 radical (unpaired) electrons. The molecule has 0 nitrogen and oxygen atoms in total. The minimum absolute atomic E-state index is 0.0666. The topological polar surface area (TPSA) is 0 Å². The number of hydrogen-bond acceptors (Lipinski definition) is 0. The van der Waals surface area contributed by atoms with Crippen molar-refractivity contribution in [3.8, 4) is 145 Å². The second kappa shape index (κ2) is 35.1. The Morgan fingerprint density at radius 1 is 0.143 bits per heavy atom. The molecular weight excluding hydrogens is 1770 g/mol. The molecule has 25 aromatic carbocycles. The van der Waals surface area contributed by atoms with Gasteiger partial charge in [-0.1, -0.05) is 516 Å². The Morgan fingerprint density at radius 2 is 0.381 bits per heavy atom. The van der Waals surface area contributed by atoms with Gasteiger partial charge in [-0.25, -0.2) is 0 Å². The van der Waals surface area contributed by atoms with Crippen LogP contribution in [-0.4, -0.2) is 0 Å². The number of fused-ring (bicyclic) bond motifs is 18. The predicted molar refractivity (Wildman–Crippen MR) is 632 cm³/mol. The molecule has 25 aromatic rings. The molecule has 0 heterocycles. The summed E-state index contributed by atoms with van der Waals surface area (Å²) in [6.07, 6.45) is 0. The molecule has 0 fully saturated rings. The van der Waals surface area contributed by atoms with Gasteiger partial charge in [0.15, 0.2) is 0 Å². The van der Waals surface area contributed by atoms with Gasteiger partial charge in [-0.3, -0.25) is 0 Å². The van der Waals surface area contributed by atoms with Gasteiger partial charge < -0.3 is 0 Å². The van der Waals surface area contributed by atoms with Crippen LogP contribution in [0.15, 0.2) is 479 Å². The normalized spacial score (nSPS) is 13.3. The Hall–Kier alpha value is -17.2. The molecule has 0 unspecified atom stereocenters. The second-order valence-corrected chi connectivity index (χ2v) is 43.7. The van der Waals surface area contributed by atoms with E-state index in [0.29, 0.717) is 0 Å². The third-order valence-electron chi connectivity index (χ3n) is 32.8. The first-order valence-corrected chi connectivity index (χ1v) is 52.1. The fraction of sp³-hybridized carbons (Fsp3) is 0.102. The highest BCUT2D eigenvalue weighted by Crippen LogP contribution is 2.60. The maximum absolute atomic E-state index is 2.46. The van der Waals surface area contributed by atoms with Crippen molar-refractivity contribution >= 4 is 97.0 Å². The summed E-state index contributed by atoms with van der Waals surface area (Å²) >= 11 is 0. The van der Waals surface area contributed by atoms with E-state index in [0.717, 1.165) is 0 Å². The van der Waals surface area contributed by atoms with Crippen LogP contribution in [0, 0.1) is 13.8 Å². The first-order valence-electron chi connectivity index (χ1n) is 52.1. The molecule has 0 bridgehead atoms. The van der Waals surface area contributed by atoms with E-state index in [1.165, 1.54) is 292 Å². The number of aryl methyl sites for hydroxylation is 2. The van der Waals surface area contributed by atoms with Gasteiger partial charge in [0.1, 0.15) is 0 Å². The number of rotatable bonds is 10. The van der Waals surface area contributed by atoms with E-state index in [2.05, 4.69) is 555 Å². The molecule has 0 heteroatoms. The van der Waals surface area contributed by atoms with Gasteiger partial charge in [-0.2, -0.15) is 0 Å². The van der Waals surface area contributed by atoms with Crippen LogP contribution >= 0.6 is 0 Å². The third kappa shape index (κ3) is 15.0. The lowest BCUT2D eigenvalue weighted by atomic mass is 9.80. The van der Waals surface area contributed by atoms with Crippen LogP contribution in [0.3, 0.4) is 0 Å². The average molecular weight is 1880 g/mol. The fourth-order valence-corrected chi connectivity index (χ4v) is 25.6. The highest BCUT2D eigenvalue weighted by molar-refractivity contribution is 6.27. The van der Waals surface area contributed by atoms with E-state index in [9.17, 15) is 0 Å². The lowest BCUT2D eigenvalue weighted by molar-refractivity contribution is 0.590. The Morgan fingerprint density at radius 3 is 0.721 bits per heavy atom. The SMILES string of the molecule is CC(C)(C)c1ccc(-c2c3ccccc3c(-c3cccc4c3-c3ccccc3C4(C)C)c3cc(-c4ccc5ccccc5c4)ccc23)cc1.CC1(C)c2ccccc2-c2c(-c3c4ccccc4c(-c4ccc(-c5ccccc5)cc4)c4ccc(-c5ccc6ccccc6c5)cc34)cccc21.Cc1cc(C)cc(-c2c3ccccc3c(-c3cccc4c3-c3ccccc3C4(C)C)c3cc(-c4ccc5ccccc5c4)ccc23)c1. The van der Waals surface area contributed by atoms with Gasteiger partial charge >= 0.3 is 0 Å². The molecule has 28 rings (SSSR count). The van der Waals surface area contributed by atoms with E-state index in [1.54, 1.807) is 0 Å². The third-order valence-corrected chi connectivity index (χ3v) is 32.8. The fourth-order valence-electron chi connectivity index (χ4n) is 25.6. The summed E-state index contributed by atoms with van der Waals surface area (Å²) in [6, 6.07) is 179. The average Bonchev–Trinajstić information content (AvgIpc) is 1.29. The molecule has 0 N–H and O–H groups in total. The zero-order chi connectivity index (χ0) is 99.5. The standard InChI is InChI=1S/C51H36.C49H40.C47H36/c1-51(2)46-21-11-10-19-43(46)50-44(20-12-22-47(50)51)49-41-18-9-8-17-40(41)48(36-26-23-35(24-27-36)33-13-4-3-5-14-33)42-30-29-39(32-45(42)49)38-28-25-34-15-6-7-16-37(34)31-38;1-48(2,3)36-26-23-32(24-27-36)45-37-15-8-9-16-38(37)46(41-18-12-20-44-47(41)40-17-10-11-19-43(40)49(44,4)5)42-30-35(25-28-39(42)45)34-22-21-31-13-6-7-14-33(31)29-34;1-29-24-30(2)26-35(25-29)44-36-14-7-8-15-37(36)45(40-17-11-19-43-46(40)39-16-9-10-18-42(39)47(43,3)4)41-28-34(22-23-38(41)44)33-21-20-31-12-5-6-13-32(31)27-33/h3-32H,1-2H3;6-30H,1-5H3;5-28H,1-4H3. The van der Waals surface area contributed by atoms with Gasteiger partial charge in [0.05, 0.1) is 0 Å². The van der Waals surface area contributed by atoms with Gasteiger partial charge in [-0.05, 0) is 336 Å². The summed E-state index contributed by atoms with van der Waals surface area (Å²) in [6.45, 7) is 25.5. The van der Waals surface area contributed by atoms with E-state index in [4.69, 9.17) is 0 Å². The molecular formula is C147H112. The Labute approximate surface area is 862 Å². The molecule has 0 atom stereocenters. The van der Waals surface area contributed by atoms with Crippen LogP contribution in [0.2, 0.25) is 0 Å². The maximum Gasteiger partial charge on any atom is 0.0159 e. The van der Waals surface area contributed by atoms with Crippen molar-refractivity contribution in [3.63, 3.8) is 0 Å². The summed E-state index contributed by atoms with van der Waals surface area (Å²) in [4.78, 5) is 0. The lowest BCUT2D eigenvalue weighted by Crippen LogP contribution is -2.14. The monoisotopic (exact) mass is 1880 g/mol. The van der Waals surface area contributed by atoms with E-state index in [1.807, 2.05) is 0 Å². The smallest absolute Gasteiger partial charge is 0.0159 e. The molecule has 0 aliphatic heterocycles. The van der Waals surface area contributed by atoms with Crippen molar-refractivity contribution in [2.75, 3.05) is 0 Å². The minimum atomic E-state index is -0.0791. The van der Waals surface area contributed by atoms with Crippen molar-refractivity contribution in [2.45, 2.75) is 97.8 Å². The summed E-state index contributed by atoms with van der Waals surface area (Å²) in [7, 11) is 0. The second-order valence-electron chi connectivity index (χ2n) is 43.7. The molecule has 700 valence electrons. The van der Waals surface area contributed by atoms with Crippen molar-refractivity contribution in [3.05, 3.63) is 529 Å². The molecule has 0 spiro atoms. The minimum Gasteiger partial charge on any atom is -0.0622 e. The van der Waals surface area contributed by atoms with Crippen molar-refractivity contribution in [1.82, 2.24) is 0 Å². The van der Waals surface area contributed by atoms with Gasteiger partial charge in [0.25, 0.3) is 0 Å². The molecule has 0 saturated carbocycles. The predicted octanol–water partition coefficient (Wildman–Crippen LogP) is 40.9.